The monoisotopic (exact) mass is 361 g/mol. The molecule has 138 valence electrons. The topological polar surface area (TPSA) is 59.0 Å². The number of H-pyrrole nitrogens is 1. The number of carbonyl (C=O) groups is 1. The Morgan fingerprint density at radius 1 is 1.11 bits per heavy atom. The first-order valence-corrected chi connectivity index (χ1v) is 9.18. The normalized spacial score (nSPS) is 11.3. The number of aromatic amines is 1. The molecule has 0 aliphatic carbocycles. The van der Waals surface area contributed by atoms with E-state index >= 15 is 0 Å². The predicted molar refractivity (Wildman–Crippen MR) is 108 cm³/mol. The van der Waals surface area contributed by atoms with Crippen LogP contribution in [0.25, 0.3) is 21.8 Å². The van der Waals surface area contributed by atoms with Crippen molar-refractivity contribution < 1.29 is 9.53 Å². The zero-order valence-corrected chi connectivity index (χ0v) is 15.4. The van der Waals surface area contributed by atoms with Crippen LogP contribution in [-0.2, 0) is 17.7 Å². The van der Waals surface area contributed by atoms with E-state index in [1.54, 1.807) is 7.11 Å². The standard InChI is InChI=1S/C22H23N3O2/c1-27-14-13-25-12-10-18-19(6-4-8-21(18)25)22(26)23-11-9-16-15-24-20-7-3-2-5-17(16)20/h2-8,10,12,15,24H,9,11,13-14H2,1H3,(H,23,26). The highest BCUT2D eigenvalue weighted by atomic mass is 16.5. The maximum absolute atomic E-state index is 12.7. The van der Waals surface area contributed by atoms with Crippen LogP contribution < -0.4 is 5.32 Å². The summed E-state index contributed by atoms with van der Waals surface area (Å²) in [5.41, 5.74) is 4.11. The van der Waals surface area contributed by atoms with Crippen LogP contribution in [0.5, 0.6) is 0 Å². The van der Waals surface area contributed by atoms with Crippen LogP contribution in [0.3, 0.4) is 0 Å². The Balaban J connectivity index is 1.46. The van der Waals surface area contributed by atoms with E-state index in [0.717, 1.165) is 29.4 Å². The molecule has 1 amide bonds. The summed E-state index contributed by atoms with van der Waals surface area (Å²) >= 11 is 0. The lowest BCUT2D eigenvalue weighted by Gasteiger charge is -2.08. The molecule has 0 bridgehead atoms. The zero-order chi connectivity index (χ0) is 18.6. The van der Waals surface area contributed by atoms with E-state index in [9.17, 15) is 4.79 Å². The largest absolute Gasteiger partial charge is 0.383 e. The Morgan fingerprint density at radius 2 is 2.00 bits per heavy atom. The highest BCUT2D eigenvalue weighted by Gasteiger charge is 2.12. The molecule has 0 spiro atoms. The maximum Gasteiger partial charge on any atom is 0.251 e. The van der Waals surface area contributed by atoms with E-state index < -0.39 is 0 Å². The highest BCUT2D eigenvalue weighted by Crippen LogP contribution is 2.21. The quantitative estimate of drug-likeness (QED) is 0.527. The molecule has 2 heterocycles. The third-order valence-electron chi connectivity index (χ3n) is 4.95. The van der Waals surface area contributed by atoms with Crippen molar-refractivity contribution in [2.45, 2.75) is 13.0 Å². The summed E-state index contributed by atoms with van der Waals surface area (Å²) in [4.78, 5) is 16.0. The van der Waals surface area contributed by atoms with Crippen molar-refractivity contribution in [3.63, 3.8) is 0 Å². The molecule has 5 nitrogen and oxygen atoms in total. The van der Waals surface area contributed by atoms with Gasteiger partial charge in [-0.15, -0.1) is 0 Å². The number of benzene rings is 2. The second kappa shape index (κ2) is 7.68. The third-order valence-corrected chi connectivity index (χ3v) is 4.95. The molecule has 5 heteroatoms. The number of hydrogen-bond donors (Lipinski definition) is 2. The average molecular weight is 361 g/mol. The minimum Gasteiger partial charge on any atom is -0.383 e. The summed E-state index contributed by atoms with van der Waals surface area (Å²) < 4.78 is 7.27. The van der Waals surface area contributed by atoms with E-state index in [2.05, 4.69) is 27.0 Å². The Kier molecular flexibility index (Phi) is 4.94. The molecule has 4 rings (SSSR count). The van der Waals surface area contributed by atoms with Crippen LogP contribution in [0.2, 0.25) is 0 Å². The van der Waals surface area contributed by atoms with Gasteiger partial charge in [-0.1, -0.05) is 24.3 Å². The van der Waals surface area contributed by atoms with Crippen molar-refractivity contribution >= 4 is 27.7 Å². The Morgan fingerprint density at radius 3 is 2.89 bits per heavy atom. The fourth-order valence-electron chi connectivity index (χ4n) is 3.55. The maximum atomic E-state index is 12.7. The number of methoxy groups -OCH3 is 1. The fraction of sp³-hybridized carbons (Fsp3) is 0.227. The van der Waals surface area contributed by atoms with Crippen LogP contribution in [0.4, 0.5) is 0 Å². The molecule has 4 aromatic rings. The first-order valence-electron chi connectivity index (χ1n) is 9.18. The van der Waals surface area contributed by atoms with Crippen molar-refractivity contribution in [1.82, 2.24) is 14.9 Å². The number of nitrogens with one attached hydrogen (secondary N) is 2. The number of para-hydroxylation sites is 1. The second-order valence-corrected chi connectivity index (χ2v) is 6.61. The lowest BCUT2D eigenvalue weighted by atomic mass is 10.1. The number of nitrogens with zero attached hydrogens (tertiary/aromatic N) is 1. The summed E-state index contributed by atoms with van der Waals surface area (Å²) in [5, 5.41) is 5.24. The van der Waals surface area contributed by atoms with Gasteiger partial charge in [-0.05, 0) is 36.2 Å². The Bertz CT molecular complexity index is 1080. The number of amides is 1. The average Bonchev–Trinajstić information content (AvgIpc) is 3.30. The molecule has 0 atom stereocenters. The van der Waals surface area contributed by atoms with Gasteiger partial charge in [0.15, 0.2) is 0 Å². The van der Waals surface area contributed by atoms with Gasteiger partial charge in [0.25, 0.3) is 5.91 Å². The molecule has 0 radical (unpaired) electrons. The molecule has 2 aromatic heterocycles. The summed E-state index contributed by atoms with van der Waals surface area (Å²) in [6.45, 7) is 2.01. The second-order valence-electron chi connectivity index (χ2n) is 6.61. The Labute approximate surface area is 157 Å². The lowest BCUT2D eigenvalue weighted by molar-refractivity contribution is 0.0956. The molecule has 2 N–H and O–H groups in total. The number of ether oxygens (including phenoxy) is 1. The van der Waals surface area contributed by atoms with Crippen LogP contribution in [0.15, 0.2) is 60.9 Å². The van der Waals surface area contributed by atoms with E-state index in [1.165, 1.54) is 10.9 Å². The van der Waals surface area contributed by atoms with Crippen molar-refractivity contribution in [2.75, 3.05) is 20.3 Å². The third kappa shape index (κ3) is 3.46. The summed E-state index contributed by atoms with van der Waals surface area (Å²) in [5.74, 6) is -0.0371. The number of carbonyl (C=O) groups excluding carboxylic acids is 1. The predicted octanol–water partition coefficient (Wildman–Crippen LogP) is 3.74. The van der Waals surface area contributed by atoms with Gasteiger partial charge in [-0.25, -0.2) is 0 Å². The van der Waals surface area contributed by atoms with Gasteiger partial charge in [0, 0.05) is 60.0 Å². The van der Waals surface area contributed by atoms with Gasteiger partial charge in [0.1, 0.15) is 0 Å². The van der Waals surface area contributed by atoms with Crippen LogP contribution >= 0.6 is 0 Å². The van der Waals surface area contributed by atoms with E-state index in [0.29, 0.717) is 18.7 Å². The fourth-order valence-corrected chi connectivity index (χ4v) is 3.55. The molecular weight excluding hydrogens is 338 g/mol. The van der Waals surface area contributed by atoms with Gasteiger partial charge in [0.2, 0.25) is 0 Å². The first-order chi connectivity index (χ1) is 13.3. The summed E-state index contributed by atoms with van der Waals surface area (Å²) in [6, 6.07) is 16.1. The minimum absolute atomic E-state index is 0.0371. The van der Waals surface area contributed by atoms with E-state index in [4.69, 9.17) is 4.74 Å². The number of fused-ring (bicyclic) bond motifs is 2. The van der Waals surface area contributed by atoms with Gasteiger partial charge in [-0.2, -0.15) is 0 Å². The van der Waals surface area contributed by atoms with Gasteiger partial charge in [0.05, 0.1) is 6.61 Å². The summed E-state index contributed by atoms with van der Waals surface area (Å²) in [7, 11) is 1.69. The molecule has 0 saturated carbocycles. The number of aromatic nitrogens is 2. The molecule has 0 fully saturated rings. The summed E-state index contributed by atoms with van der Waals surface area (Å²) in [6.07, 6.45) is 4.82. The molecule has 27 heavy (non-hydrogen) atoms. The van der Waals surface area contributed by atoms with Gasteiger partial charge >= 0.3 is 0 Å². The highest BCUT2D eigenvalue weighted by molar-refractivity contribution is 6.06. The van der Waals surface area contributed by atoms with Crippen LogP contribution in [-0.4, -0.2) is 35.7 Å². The molecular formula is C22H23N3O2. The molecule has 0 saturated heterocycles. The first kappa shape index (κ1) is 17.4. The lowest BCUT2D eigenvalue weighted by Crippen LogP contribution is -2.25. The van der Waals surface area contributed by atoms with Crippen molar-refractivity contribution in [3.8, 4) is 0 Å². The zero-order valence-electron chi connectivity index (χ0n) is 15.4. The van der Waals surface area contributed by atoms with Crippen molar-refractivity contribution in [1.29, 1.82) is 0 Å². The smallest absolute Gasteiger partial charge is 0.251 e. The molecule has 0 unspecified atom stereocenters. The molecule has 0 aliphatic rings. The van der Waals surface area contributed by atoms with Crippen molar-refractivity contribution in [2.24, 2.45) is 0 Å². The number of hydrogen-bond acceptors (Lipinski definition) is 2. The SMILES string of the molecule is COCCn1ccc2c(C(=O)NCCc3c[nH]c4ccccc34)cccc21. The van der Waals surface area contributed by atoms with Crippen molar-refractivity contribution in [3.05, 3.63) is 72.1 Å². The number of rotatable bonds is 7. The van der Waals surface area contributed by atoms with Gasteiger partial charge < -0.3 is 19.6 Å². The minimum atomic E-state index is -0.0371. The Hall–Kier alpha value is -3.05. The van der Waals surface area contributed by atoms with E-state index in [-0.39, 0.29) is 5.91 Å². The van der Waals surface area contributed by atoms with Crippen LogP contribution in [0, 0.1) is 0 Å². The van der Waals surface area contributed by atoms with Crippen LogP contribution in [0.1, 0.15) is 15.9 Å². The molecule has 0 aliphatic heterocycles. The van der Waals surface area contributed by atoms with E-state index in [1.807, 2.05) is 48.8 Å². The molecule has 2 aromatic carbocycles. The van der Waals surface area contributed by atoms with Gasteiger partial charge in [-0.3, -0.25) is 4.79 Å².